The van der Waals surface area contributed by atoms with Crippen LogP contribution in [0.25, 0.3) is 11.1 Å². The minimum atomic E-state index is -0.394. The number of hydrogen-bond donors (Lipinski definition) is 5. The van der Waals surface area contributed by atoms with Gasteiger partial charge in [0.25, 0.3) is 0 Å². The van der Waals surface area contributed by atoms with E-state index >= 15 is 0 Å². The number of rotatable bonds is 8. The monoisotopic (exact) mass is 437 g/mol. The van der Waals surface area contributed by atoms with Crippen LogP contribution in [-0.2, 0) is 11.3 Å². The molecule has 32 heavy (non-hydrogen) atoms. The summed E-state index contributed by atoms with van der Waals surface area (Å²) in [7, 11) is 1.37. The Morgan fingerprint density at radius 1 is 1.16 bits per heavy atom. The Labute approximate surface area is 188 Å². The van der Waals surface area contributed by atoms with Gasteiger partial charge in [-0.05, 0) is 66.3 Å². The van der Waals surface area contributed by atoms with Gasteiger partial charge in [0.05, 0.1) is 12.7 Å². The Morgan fingerprint density at radius 2 is 1.88 bits per heavy atom. The van der Waals surface area contributed by atoms with Gasteiger partial charge in [0.2, 0.25) is 0 Å². The first-order chi connectivity index (χ1) is 15.4. The zero-order chi connectivity index (χ0) is 23.1. The second-order valence-corrected chi connectivity index (χ2v) is 8.07. The Bertz CT molecular complexity index is 983. The van der Waals surface area contributed by atoms with Gasteiger partial charge in [-0.25, -0.2) is 4.79 Å². The van der Waals surface area contributed by atoms with Gasteiger partial charge in [0.1, 0.15) is 18.3 Å². The molecule has 0 saturated carbocycles. The average molecular weight is 438 g/mol. The number of ether oxygens (including phenoxy) is 1. The van der Waals surface area contributed by atoms with Crippen molar-refractivity contribution in [3.05, 3.63) is 59.2 Å². The molecule has 8 nitrogen and oxygen atoms in total. The van der Waals surface area contributed by atoms with Crippen molar-refractivity contribution in [2.45, 2.75) is 19.4 Å². The molecule has 2 aromatic rings. The molecule has 1 fully saturated rings. The first-order valence-corrected chi connectivity index (χ1v) is 10.7. The number of carbonyl (C=O) groups is 1. The molecule has 0 bridgehead atoms. The van der Waals surface area contributed by atoms with Crippen LogP contribution >= 0.6 is 0 Å². The van der Waals surface area contributed by atoms with E-state index in [9.17, 15) is 4.79 Å². The van der Waals surface area contributed by atoms with E-state index in [4.69, 9.17) is 26.4 Å². The van der Waals surface area contributed by atoms with Crippen molar-refractivity contribution < 1.29 is 14.6 Å². The summed E-state index contributed by atoms with van der Waals surface area (Å²) >= 11 is 0. The van der Waals surface area contributed by atoms with Gasteiger partial charge in [-0.1, -0.05) is 18.2 Å². The molecular weight excluding hydrogens is 406 g/mol. The molecule has 0 atom stereocenters. The number of nitrogen functional groups attached to an aromatic ring is 1. The number of hydrogen-bond acceptors (Lipinski definition) is 6. The third-order valence-corrected chi connectivity index (χ3v) is 5.83. The summed E-state index contributed by atoms with van der Waals surface area (Å²) in [4.78, 5) is 14.1. The lowest BCUT2D eigenvalue weighted by Crippen LogP contribution is -2.41. The van der Waals surface area contributed by atoms with Crippen molar-refractivity contribution in [1.82, 2.24) is 10.2 Å². The number of aliphatic hydroxyl groups is 1. The van der Waals surface area contributed by atoms with Gasteiger partial charge in [-0.2, -0.15) is 0 Å². The highest BCUT2D eigenvalue weighted by Gasteiger charge is 2.20. The van der Waals surface area contributed by atoms with Crippen molar-refractivity contribution in [1.29, 1.82) is 10.8 Å². The fourth-order valence-corrected chi connectivity index (χ4v) is 3.99. The van der Waals surface area contributed by atoms with Gasteiger partial charge >= 0.3 is 5.97 Å². The van der Waals surface area contributed by atoms with E-state index in [1.165, 1.54) is 7.11 Å². The summed E-state index contributed by atoms with van der Waals surface area (Å²) in [6.07, 6.45) is 1.95. The predicted octanol–water partition coefficient (Wildman–Crippen LogP) is 2.20. The van der Waals surface area contributed by atoms with Crippen LogP contribution in [0.15, 0.2) is 42.5 Å². The molecule has 0 spiro atoms. The van der Waals surface area contributed by atoms with Crippen molar-refractivity contribution in [3.63, 3.8) is 0 Å². The molecule has 1 aliphatic rings. The van der Waals surface area contributed by atoms with E-state index in [0.717, 1.165) is 49.2 Å². The molecule has 1 heterocycles. The fraction of sp³-hybridized carbons (Fsp3) is 0.375. The summed E-state index contributed by atoms with van der Waals surface area (Å²) < 4.78 is 4.93. The molecule has 0 aromatic heterocycles. The van der Waals surface area contributed by atoms with Crippen LogP contribution in [0, 0.1) is 16.7 Å². The largest absolute Gasteiger partial charge is 0.465 e. The number of methoxy groups -OCH3 is 1. The van der Waals surface area contributed by atoms with Crippen molar-refractivity contribution in [2.24, 2.45) is 11.7 Å². The molecule has 0 amide bonds. The van der Waals surface area contributed by atoms with Crippen molar-refractivity contribution in [2.75, 3.05) is 33.4 Å². The van der Waals surface area contributed by atoms with Gasteiger partial charge in [-0.15, -0.1) is 0 Å². The molecule has 2 aromatic carbocycles. The molecule has 3 rings (SSSR count). The first-order valence-electron chi connectivity index (χ1n) is 10.7. The third-order valence-electron chi connectivity index (χ3n) is 5.83. The molecular formula is C24H31N5O3. The van der Waals surface area contributed by atoms with Gasteiger partial charge in [0.15, 0.2) is 0 Å². The van der Waals surface area contributed by atoms with E-state index in [1.807, 2.05) is 35.2 Å². The smallest absolute Gasteiger partial charge is 0.337 e. The SMILES string of the molecule is COC(=O)c1cc(CNCC2CCN(C(=N)CO)CC2)cc(-c2cccc(C(=N)N)c2)c1. The van der Waals surface area contributed by atoms with Crippen molar-refractivity contribution in [3.8, 4) is 11.1 Å². The summed E-state index contributed by atoms with van der Waals surface area (Å²) in [5.74, 6) is 0.401. The number of piperidine rings is 1. The lowest BCUT2D eigenvalue weighted by atomic mass is 9.96. The Kier molecular flexibility index (Phi) is 7.97. The van der Waals surface area contributed by atoms with Crippen LogP contribution in [0.5, 0.6) is 0 Å². The number of esters is 1. The second kappa shape index (κ2) is 10.9. The zero-order valence-electron chi connectivity index (χ0n) is 18.4. The van der Waals surface area contributed by atoms with Crippen LogP contribution in [-0.4, -0.2) is 61.0 Å². The van der Waals surface area contributed by atoms with Crippen LogP contribution in [0.2, 0.25) is 0 Å². The number of likely N-dealkylation sites (tertiary alicyclic amines) is 1. The Morgan fingerprint density at radius 3 is 2.53 bits per heavy atom. The number of benzene rings is 2. The number of nitrogens with two attached hydrogens (primary N) is 1. The minimum absolute atomic E-state index is 0.00182. The lowest BCUT2D eigenvalue weighted by Gasteiger charge is -2.33. The topological polar surface area (TPSA) is 136 Å². The summed E-state index contributed by atoms with van der Waals surface area (Å²) in [6, 6.07) is 13.1. The highest BCUT2D eigenvalue weighted by molar-refractivity contribution is 5.96. The molecule has 6 N–H and O–H groups in total. The first kappa shape index (κ1) is 23.4. The zero-order valence-corrected chi connectivity index (χ0v) is 18.4. The van der Waals surface area contributed by atoms with E-state index < -0.39 is 5.97 Å². The number of carbonyl (C=O) groups excluding carboxylic acids is 1. The lowest BCUT2D eigenvalue weighted by molar-refractivity contribution is 0.0600. The summed E-state index contributed by atoms with van der Waals surface area (Å²) in [5, 5.41) is 28.0. The quantitative estimate of drug-likeness (QED) is 0.244. The normalized spacial score (nSPS) is 14.2. The summed E-state index contributed by atoms with van der Waals surface area (Å²) in [5.41, 5.74) is 9.45. The van der Waals surface area contributed by atoms with Gasteiger partial charge in [-0.3, -0.25) is 10.8 Å². The highest BCUT2D eigenvalue weighted by atomic mass is 16.5. The highest BCUT2D eigenvalue weighted by Crippen LogP contribution is 2.24. The minimum Gasteiger partial charge on any atom is -0.465 e. The number of nitrogens with one attached hydrogen (secondary N) is 3. The molecule has 0 radical (unpaired) electrons. The van der Waals surface area contributed by atoms with E-state index in [2.05, 4.69) is 5.32 Å². The van der Waals surface area contributed by atoms with Crippen LogP contribution in [0.1, 0.15) is 34.3 Å². The standard InChI is InChI=1S/C24H31N5O3/c1-32-24(31)21-10-17(9-20(12-21)18-3-2-4-19(11-18)23(26)27)14-28-13-16-5-7-29(8-6-16)22(25)15-30/h2-4,9-12,16,25,28,30H,5-8,13-15H2,1H3,(H3,26,27). The van der Waals surface area contributed by atoms with Crippen LogP contribution in [0.3, 0.4) is 0 Å². The molecule has 1 saturated heterocycles. The van der Waals surface area contributed by atoms with Crippen molar-refractivity contribution >= 4 is 17.6 Å². The molecule has 1 aliphatic heterocycles. The molecule has 8 heteroatoms. The average Bonchev–Trinajstić information content (AvgIpc) is 2.83. The summed E-state index contributed by atoms with van der Waals surface area (Å²) in [6.45, 7) is 2.83. The maximum absolute atomic E-state index is 12.2. The van der Waals surface area contributed by atoms with E-state index in [-0.39, 0.29) is 18.3 Å². The number of aliphatic hydroxyl groups excluding tert-OH is 1. The molecule has 170 valence electrons. The van der Waals surface area contributed by atoms with Gasteiger partial charge < -0.3 is 25.8 Å². The second-order valence-electron chi connectivity index (χ2n) is 8.07. The van der Waals surface area contributed by atoms with E-state index in [0.29, 0.717) is 23.6 Å². The third kappa shape index (κ3) is 5.93. The number of nitrogens with zero attached hydrogens (tertiary/aromatic N) is 1. The van der Waals surface area contributed by atoms with Gasteiger partial charge in [0, 0.05) is 25.2 Å². The van der Waals surface area contributed by atoms with Crippen LogP contribution in [0.4, 0.5) is 0 Å². The Hall–Kier alpha value is -3.23. The number of amidine groups is 2. The predicted molar refractivity (Wildman–Crippen MR) is 125 cm³/mol. The maximum Gasteiger partial charge on any atom is 0.337 e. The maximum atomic E-state index is 12.2. The molecule has 0 unspecified atom stereocenters. The molecule has 0 aliphatic carbocycles. The van der Waals surface area contributed by atoms with E-state index in [1.54, 1.807) is 12.1 Å². The van der Waals surface area contributed by atoms with Crippen LogP contribution < -0.4 is 11.1 Å². The Balaban J connectivity index is 1.69. The fourth-order valence-electron chi connectivity index (χ4n) is 3.99.